The van der Waals surface area contributed by atoms with Gasteiger partial charge in [0.1, 0.15) is 5.82 Å². The maximum atomic E-state index is 5.57. The van der Waals surface area contributed by atoms with Crippen LogP contribution in [0.15, 0.2) is 18.3 Å². The van der Waals surface area contributed by atoms with Crippen molar-refractivity contribution in [3.05, 3.63) is 23.9 Å². The molecule has 1 aromatic heterocycles. The van der Waals surface area contributed by atoms with E-state index in [4.69, 9.17) is 5.73 Å². The first-order chi connectivity index (χ1) is 9.28. The Bertz CT molecular complexity index is 417. The van der Waals surface area contributed by atoms with Crippen LogP contribution in [0, 0.1) is 0 Å². The number of likely N-dealkylation sites (N-methyl/N-ethyl adjacent to an activating group) is 1. The third-order valence-corrected chi connectivity index (χ3v) is 4.71. The molecule has 19 heavy (non-hydrogen) atoms. The first-order valence-corrected chi connectivity index (χ1v) is 7.40. The molecular weight excluding hydrogens is 236 g/mol. The number of nitrogens with two attached hydrogens (primary N) is 1. The summed E-state index contributed by atoms with van der Waals surface area (Å²) in [6.45, 7) is 2.95. The number of fused-ring (bicyclic) bond motifs is 2. The topological polar surface area (TPSA) is 45.4 Å². The highest BCUT2D eigenvalue weighted by Gasteiger charge is 2.34. The number of hydrogen-bond acceptors (Lipinski definition) is 4. The van der Waals surface area contributed by atoms with E-state index >= 15 is 0 Å². The van der Waals surface area contributed by atoms with E-state index in [9.17, 15) is 0 Å². The number of aromatic nitrogens is 1. The van der Waals surface area contributed by atoms with Crippen molar-refractivity contribution in [2.24, 2.45) is 5.73 Å². The van der Waals surface area contributed by atoms with E-state index < -0.39 is 0 Å². The fourth-order valence-corrected chi connectivity index (χ4v) is 3.44. The Kier molecular flexibility index (Phi) is 3.71. The zero-order chi connectivity index (χ0) is 13.2. The first-order valence-electron chi connectivity index (χ1n) is 7.40. The molecule has 0 radical (unpaired) electrons. The lowest BCUT2D eigenvalue weighted by Gasteiger charge is -2.26. The van der Waals surface area contributed by atoms with E-state index in [1.165, 1.54) is 24.8 Å². The largest absolute Gasteiger partial charge is 0.355 e. The molecule has 104 valence electrons. The summed E-state index contributed by atoms with van der Waals surface area (Å²) in [4.78, 5) is 9.65. The molecule has 2 bridgehead atoms. The van der Waals surface area contributed by atoms with Gasteiger partial charge in [0.2, 0.25) is 0 Å². The predicted octanol–water partition coefficient (Wildman–Crippen LogP) is 1.26. The zero-order valence-electron chi connectivity index (χ0n) is 11.8. The minimum atomic E-state index is 0.694. The van der Waals surface area contributed by atoms with E-state index in [0.29, 0.717) is 12.6 Å². The van der Waals surface area contributed by atoms with Crippen molar-refractivity contribution in [2.75, 3.05) is 31.6 Å². The molecule has 2 N–H and O–H groups in total. The van der Waals surface area contributed by atoms with Crippen molar-refractivity contribution in [2.45, 2.75) is 37.8 Å². The van der Waals surface area contributed by atoms with Crippen LogP contribution in [0.25, 0.3) is 0 Å². The zero-order valence-corrected chi connectivity index (χ0v) is 11.8. The van der Waals surface area contributed by atoms with Gasteiger partial charge in [-0.15, -0.1) is 0 Å². The standard InChI is InChI=1S/C15H24N4/c1-18-13-3-4-14(18)11-19(9-7-13)15-5-2-12(6-8-16)10-17-15/h2,5,10,13-14H,3-4,6-9,11,16H2,1H3. The second-order valence-electron chi connectivity index (χ2n) is 5.85. The third-order valence-electron chi connectivity index (χ3n) is 4.71. The van der Waals surface area contributed by atoms with Crippen LogP contribution >= 0.6 is 0 Å². The highest BCUT2D eigenvalue weighted by atomic mass is 15.3. The van der Waals surface area contributed by atoms with Crippen LogP contribution in [0.2, 0.25) is 0 Å². The summed E-state index contributed by atoms with van der Waals surface area (Å²) in [7, 11) is 2.28. The highest BCUT2D eigenvalue weighted by molar-refractivity contribution is 5.40. The van der Waals surface area contributed by atoms with Gasteiger partial charge < -0.3 is 10.6 Å². The third kappa shape index (κ3) is 2.60. The number of rotatable bonds is 3. The van der Waals surface area contributed by atoms with E-state index in [2.05, 4.69) is 34.0 Å². The monoisotopic (exact) mass is 260 g/mol. The Labute approximate surface area is 115 Å². The summed E-state index contributed by atoms with van der Waals surface area (Å²) in [5.41, 5.74) is 6.81. The van der Waals surface area contributed by atoms with Crippen LogP contribution in [0.4, 0.5) is 5.82 Å². The van der Waals surface area contributed by atoms with Crippen molar-refractivity contribution in [3.63, 3.8) is 0 Å². The Balaban J connectivity index is 1.71. The summed E-state index contributed by atoms with van der Waals surface area (Å²) in [6, 6.07) is 5.82. The van der Waals surface area contributed by atoms with Gasteiger partial charge in [-0.1, -0.05) is 6.07 Å². The minimum absolute atomic E-state index is 0.694. The lowest BCUT2D eigenvalue weighted by atomic mass is 10.1. The number of anilines is 1. The Hall–Kier alpha value is -1.13. The van der Waals surface area contributed by atoms with Crippen molar-refractivity contribution in [1.29, 1.82) is 0 Å². The van der Waals surface area contributed by atoms with E-state index in [-0.39, 0.29) is 0 Å². The SMILES string of the molecule is CN1C2CCC1CN(c1ccc(CCN)cn1)CC2. The smallest absolute Gasteiger partial charge is 0.128 e. The molecule has 2 saturated heterocycles. The summed E-state index contributed by atoms with van der Waals surface area (Å²) >= 11 is 0. The molecular formula is C15H24N4. The molecule has 0 amide bonds. The average Bonchev–Trinajstić information content (AvgIpc) is 2.65. The van der Waals surface area contributed by atoms with Crippen molar-refractivity contribution in [3.8, 4) is 0 Å². The van der Waals surface area contributed by atoms with Gasteiger partial charge in [0, 0.05) is 31.4 Å². The molecule has 2 atom stereocenters. The normalized spacial score (nSPS) is 27.6. The van der Waals surface area contributed by atoms with Gasteiger partial charge >= 0.3 is 0 Å². The quantitative estimate of drug-likeness (QED) is 0.888. The van der Waals surface area contributed by atoms with E-state index in [1.54, 1.807) is 0 Å². The Morgan fingerprint density at radius 3 is 2.84 bits per heavy atom. The first kappa shape index (κ1) is 12.9. The fourth-order valence-electron chi connectivity index (χ4n) is 3.44. The molecule has 2 aliphatic heterocycles. The average molecular weight is 260 g/mol. The lowest BCUT2D eigenvalue weighted by Crippen LogP contribution is -2.36. The maximum Gasteiger partial charge on any atom is 0.128 e. The van der Waals surface area contributed by atoms with Gasteiger partial charge in [-0.25, -0.2) is 4.98 Å². The fraction of sp³-hybridized carbons (Fsp3) is 0.667. The molecule has 3 rings (SSSR count). The Morgan fingerprint density at radius 1 is 1.26 bits per heavy atom. The van der Waals surface area contributed by atoms with E-state index in [1.807, 2.05) is 6.20 Å². The lowest BCUT2D eigenvalue weighted by molar-refractivity contribution is 0.254. The predicted molar refractivity (Wildman–Crippen MR) is 78.4 cm³/mol. The minimum Gasteiger partial charge on any atom is -0.355 e. The molecule has 2 aliphatic rings. The molecule has 0 aliphatic carbocycles. The second kappa shape index (κ2) is 5.47. The second-order valence-corrected chi connectivity index (χ2v) is 5.85. The highest BCUT2D eigenvalue weighted by Crippen LogP contribution is 2.30. The van der Waals surface area contributed by atoms with Crippen molar-refractivity contribution >= 4 is 5.82 Å². The van der Waals surface area contributed by atoms with Crippen molar-refractivity contribution in [1.82, 2.24) is 9.88 Å². The molecule has 2 fully saturated rings. The molecule has 4 heteroatoms. The van der Waals surface area contributed by atoms with Crippen LogP contribution in [-0.4, -0.2) is 48.6 Å². The molecule has 0 aromatic carbocycles. The van der Waals surface area contributed by atoms with Gasteiger partial charge in [0.05, 0.1) is 0 Å². The molecule has 0 spiro atoms. The molecule has 4 nitrogen and oxygen atoms in total. The van der Waals surface area contributed by atoms with E-state index in [0.717, 1.165) is 31.4 Å². The summed E-state index contributed by atoms with van der Waals surface area (Å²) in [6.07, 6.45) is 6.87. The number of pyridine rings is 1. The van der Waals surface area contributed by atoms with Gasteiger partial charge in [0.25, 0.3) is 0 Å². The summed E-state index contributed by atoms with van der Waals surface area (Å²) in [5.74, 6) is 1.13. The molecule has 3 heterocycles. The van der Waals surface area contributed by atoms with Gasteiger partial charge in [-0.3, -0.25) is 4.90 Å². The molecule has 1 aromatic rings. The van der Waals surface area contributed by atoms with Crippen LogP contribution in [0.1, 0.15) is 24.8 Å². The number of nitrogens with zero attached hydrogens (tertiary/aromatic N) is 3. The summed E-state index contributed by atoms with van der Waals surface area (Å²) < 4.78 is 0. The van der Waals surface area contributed by atoms with Crippen molar-refractivity contribution < 1.29 is 0 Å². The van der Waals surface area contributed by atoms with Crippen LogP contribution < -0.4 is 10.6 Å². The number of hydrogen-bond donors (Lipinski definition) is 1. The summed E-state index contributed by atoms with van der Waals surface area (Å²) in [5, 5.41) is 0. The molecule has 2 unspecified atom stereocenters. The van der Waals surface area contributed by atoms with Crippen LogP contribution in [0.3, 0.4) is 0 Å². The van der Waals surface area contributed by atoms with Gasteiger partial charge in [-0.05, 0) is 50.9 Å². The van der Waals surface area contributed by atoms with Crippen LogP contribution in [0.5, 0.6) is 0 Å². The van der Waals surface area contributed by atoms with Crippen LogP contribution in [-0.2, 0) is 6.42 Å². The van der Waals surface area contributed by atoms with Gasteiger partial charge in [-0.2, -0.15) is 0 Å². The maximum absolute atomic E-state index is 5.57. The Morgan fingerprint density at radius 2 is 2.11 bits per heavy atom. The molecule has 0 saturated carbocycles. The van der Waals surface area contributed by atoms with Gasteiger partial charge in [0.15, 0.2) is 0 Å².